The van der Waals surface area contributed by atoms with Crippen LogP contribution in [0.25, 0.3) is 16.8 Å². The minimum Gasteiger partial charge on any atom is -0.275 e. The molecule has 0 amide bonds. The van der Waals surface area contributed by atoms with Crippen molar-refractivity contribution in [1.82, 2.24) is 14.4 Å². The molecular formula is C10H9N3. The first-order valence-corrected chi connectivity index (χ1v) is 4.31. The third-order valence-electron chi connectivity index (χ3n) is 2.42. The molecule has 3 aromatic rings. The van der Waals surface area contributed by atoms with Crippen molar-refractivity contribution >= 4 is 16.8 Å². The van der Waals surface area contributed by atoms with E-state index in [9.17, 15) is 0 Å². The lowest BCUT2D eigenvalue weighted by Crippen LogP contribution is -1.81. The Morgan fingerprint density at radius 1 is 1.00 bits per heavy atom. The van der Waals surface area contributed by atoms with Crippen LogP contribution < -0.4 is 0 Å². The van der Waals surface area contributed by atoms with Crippen LogP contribution in [-0.2, 0) is 0 Å². The highest BCUT2D eigenvalue weighted by Crippen LogP contribution is 2.21. The maximum Gasteiger partial charge on any atom is 0.139 e. The van der Waals surface area contributed by atoms with E-state index >= 15 is 0 Å². The zero-order valence-electron chi connectivity index (χ0n) is 7.57. The van der Waals surface area contributed by atoms with Gasteiger partial charge in [-0.2, -0.15) is 0 Å². The Balaban J connectivity index is 2.76. The minimum atomic E-state index is 0.991. The van der Waals surface area contributed by atoms with Crippen LogP contribution in [0.5, 0.6) is 0 Å². The molecule has 0 saturated carbocycles. The Labute approximate surface area is 75.4 Å². The van der Waals surface area contributed by atoms with Crippen LogP contribution >= 0.6 is 0 Å². The Kier molecular flexibility index (Phi) is 1.05. The zero-order chi connectivity index (χ0) is 9.00. The van der Waals surface area contributed by atoms with Crippen molar-refractivity contribution < 1.29 is 0 Å². The highest BCUT2D eigenvalue weighted by Gasteiger charge is 2.11. The maximum absolute atomic E-state index is 4.46. The molecule has 0 atom stereocenters. The fourth-order valence-corrected chi connectivity index (χ4v) is 1.93. The lowest BCUT2D eigenvalue weighted by Gasteiger charge is -1.89. The number of rotatable bonds is 0. The van der Waals surface area contributed by atoms with Crippen LogP contribution in [0, 0.1) is 13.8 Å². The van der Waals surface area contributed by atoms with E-state index in [0.717, 1.165) is 28.2 Å². The van der Waals surface area contributed by atoms with Crippen LogP contribution in [0.15, 0.2) is 18.2 Å². The van der Waals surface area contributed by atoms with Gasteiger partial charge < -0.3 is 0 Å². The molecule has 0 N–H and O–H groups in total. The molecule has 0 radical (unpaired) electrons. The van der Waals surface area contributed by atoms with Crippen LogP contribution in [0.3, 0.4) is 0 Å². The van der Waals surface area contributed by atoms with Gasteiger partial charge in [0.15, 0.2) is 0 Å². The number of aromatic nitrogens is 3. The Hall–Kier alpha value is -1.64. The Morgan fingerprint density at radius 2 is 1.54 bits per heavy atom. The van der Waals surface area contributed by atoms with E-state index in [0.29, 0.717) is 0 Å². The number of nitrogens with zero attached hydrogens (tertiary/aromatic N) is 3. The fraction of sp³-hybridized carbons (Fsp3) is 0.200. The van der Waals surface area contributed by atoms with E-state index in [1.807, 2.05) is 32.0 Å². The second kappa shape index (κ2) is 1.99. The average Bonchev–Trinajstić information content (AvgIpc) is 2.57. The number of hydrogen-bond donors (Lipinski definition) is 0. The van der Waals surface area contributed by atoms with E-state index < -0.39 is 0 Å². The zero-order valence-corrected chi connectivity index (χ0v) is 7.57. The van der Waals surface area contributed by atoms with Gasteiger partial charge in [-0.25, -0.2) is 9.97 Å². The molecule has 3 nitrogen and oxygen atoms in total. The quantitative estimate of drug-likeness (QED) is 0.517. The first-order chi connectivity index (χ1) is 6.27. The number of imidazole rings is 2. The van der Waals surface area contributed by atoms with Crippen molar-refractivity contribution in [3.05, 3.63) is 29.6 Å². The van der Waals surface area contributed by atoms with Crippen LogP contribution in [0.4, 0.5) is 0 Å². The van der Waals surface area contributed by atoms with Gasteiger partial charge in [-0.05, 0) is 26.0 Å². The molecule has 0 fully saturated rings. The summed E-state index contributed by atoms with van der Waals surface area (Å²) in [4.78, 5) is 8.91. The first-order valence-electron chi connectivity index (χ1n) is 4.31. The van der Waals surface area contributed by atoms with Crippen molar-refractivity contribution in [2.75, 3.05) is 0 Å². The van der Waals surface area contributed by atoms with Gasteiger partial charge in [-0.3, -0.25) is 4.40 Å². The van der Waals surface area contributed by atoms with Gasteiger partial charge in [0.25, 0.3) is 0 Å². The summed E-state index contributed by atoms with van der Waals surface area (Å²) in [5.41, 5.74) is 5.26. The van der Waals surface area contributed by atoms with Crippen molar-refractivity contribution in [1.29, 1.82) is 0 Å². The van der Waals surface area contributed by atoms with Gasteiger partial charge >= 0.3 is 0 Å². The highest BCUT2D eigenvalue weighted by molar-refractivity contribution is 5.72. The maximum atomic E-state index is 4.46. The molecule has 0 unspecified atom stereocenters. The summed E-state index contributed by atoms with van der Waals surface area (Å²) < 4.78 is 2.10. The molecule has 0 aromatic carbocycles. The van der Waals surface area contributed by atoms with Crippen LogP contribution in [0.1, 0.15) is 11.4 Å². The third kappa shape index (κ3) is 0.691. The Bertz CT molecular complexity index is 533. The van der Waals surface area contributed by atoms with Gasteiger partial charge in [0, 0.05) is 0 Å². The fourth-order valence-electron chi connectivity index (χ4n) is 1.93. The summed E-state index contributed by atoms with van der Waals surface area (Å²) in [5, 5.41) is 0. The molecule has 0 bridgehead atoms. The minimum absolute atomic E-state index is 0.991. The summed E-state index contributed by atoms with van der Waals surface area (Å²) in [7, 11) is 0. The molecular weight excluding hydrogens is 162 g/mol. The summed E-state index contributed by atoms with van der Waals surface area (Å²) in [6.07, 6.45) is 0. The van der Waals surface area contributed by atoms with Crippen molar-refractivity contribution in [2.45, 2.75) is 13.8 Å². The lowest BCUT2D eigenvalue weighted by atomic mass is 10.3. The number of hydrogen-bond acceptors (Lipinski definition) is 2. The SMILES string of the molecule is Cc1nc2cccc3nc(C)c1n23. The molecule has 64 valence electrons. The van der Waals surface area contributed by atoms with Gasteiger partial charge in [0.1, 0.15) is 11.3 Å². The average molecular weight is 171 g/mol. The largest absolute Gasteiger partial charge is 0.275 e. The summed E-state index contributed by atoms with van der Waals surface area (Å²) >= 11 is 0. The molecule has 0 aliphatic carbocycles. The summed E-state index contributed by atoms with van der Waals surface area (Å²) in [6, 6.07) is 6.01. The molecule has 0 aliphatic rings. The predicted molar refractivity (Wildman–Crippen MR) is 51.2 cm³/mol. The highest BCUT2D eigenvalue weighted by atomic mass is 15.1. The Morgan fingerprint density at radius 3 is 2.08 bits per heavy atom. The van der Waals surface area contributed by atoms with Gasteiger partial charge in [-0.1, -0.05) is 6.07 Å². The van der Waals surface area contributed by atoms with E-state index in [-0.39, 0.29) is 0 Å². The summed E-state index contributed by atoms with van der Waals surface area (Å²) in [5.74, 6) is 0. The molecule has 0 spiro atoms. The monoisotopic (exact) mass is 171 g/mol. The third-order valence-corrected chi connectivity index (χ3v) is 2.42. The van der Waals surface area contributed by atoms with Crippen LogP contribution in [0.2, 0.25) is 0 Å². The molecule has 3 rings (SSSR count). The second-order valence-corrected chi connectivity index (χ2v) is 3.32. The van der Waals surface area contributed by atoms with Gasteiger partial charge in [0.05, 0.1) is 16.9 Å². The smallest absolute Gasteiger partial charge is 0.139 e. The standard InChI is InChI=1S/C10H9N3/c1-6-10-7(2)12-9-5-3-4-8(11-6)13(9)10/h3-5H,1-2H3. The summed E-state index contributed by atoms with van der Waals surface area (Å²) in [6.45, 7) is 4.05. The molecule has 3 aromatic heterocycles. The molecule has 13 heavy (non-hydrogen) atoms. The number of aryl methyl sites for hydroxylation is 2. The van der Waals surface area contributed by atoms with Gasteiger partial charge in [-0.15, -0.1) is 0 Å². The first kappa shape index (κ1) is 6.83. The van der Waals surface area contributed by atoms with E-state index in [1.54, 1.807) is 0 Å². The van der Waals surface area contributed by atoms with Crippen molar-refractivity contribution in [3.63, 3.8) is 0 Å². The molecule has 0 saturated heterocycles. The normalized spacial score (nSPS) is 11.8. The van der Waals surface area contributed by atoms with Crippen molar-refractivity contribution in [3.8, 4) is 0 Å². The van der Waals surface area contributed by atoms with Crippen molar-refractivity contribution in [2.24, 2.45) is 0 Å². The predicted octanol–water partition coefficient (Wildman–Crippen LogP) is 1.94. The van der Waals surface area contributed by atoms with Gasteiger partial charge in [0.2, 0.25) is 0 Å². The molecule has 3 heteroatoms. The van der Waals surface area contributed by atoms with E-state index in [2.05, 4.69) is 14.4 Å². The van der Waals surface area contributed by atoms with E-state index in [1.165, 1.54) is 0 Å². The topological polar surface area (TPSA) is 30.2 Å². The van der Waals surface area contributed by atoms with Crippen LogP contribution in [-0.4, -0.2) is 14.4 Å². The molecule has 0 aliphatic heterocycles. The number of pyridine rings is 1. The van der Waals surface area contributed by atoms with E-state index in [4.69, 9.17) is 0 Å². The molecule has 3 heterocycles. The second-order valence-electron chi connectivity index (χ2n) is 3.32. The lowest BCUT2D eigenvalue weighted by molar-refractivity contribution is 1.23.